The van der Waals surface area contributed by atoms with Gasteiger partial charge in [0, 0.05) is 5.57 Å². The number of amidine groups is 1. The number of fused-ring (bicyclic) bond motifs is 1. The number of quaternary nitrogens is 1. The van der Waals surface area contributed by atoms with Crippen LogP contribution >= 0.6 is 0 Å². The molecule has 5 rings (SSSR count). The van der Waals surface area contributed by atoms with Gasteiger partial charge in [-0.2, -0.15) is 10.8 Å². The molecule has 5 nitrogen and oxygen atoms in total. The lowest BCUT2D eigenvalue weighted by Crippen LogP contribution is -2.53. The van der Waals surface area contributed by atoms with E-state index in [1.807, 2.05) is 48.7 Å². The van der Waals surface area contributed by atoms with Gasteiger partial charge in [-0.15, -0.1) is 4.59 Å². The first-order valence-corrected chi connectivity index (χ1v) is 9.58. The molecule has 1 fully saturated rings. The number of hydrogen-bond acceptors (Lipinski definition) is 4. The lowest BCUT2D eigenvalue weighted by Gasteiger charge is -2.26. The maximum atomic E-state index is 6.75. The molecule has 0 aromatic heterocycles. The molecule has 1 saturated carbocycles. The second-order valence-corrected chi connectivity index (χ2v) is 7.49. The molecule has 0 radical (unpaired) electrons. The summed E-state index contributed by atoms with van der Waals surface area (Å²) in [5.74, 6) is 9.10. The molecule has 1 aromatic rings. The van der Waals surface area contributed by atoms with E-state index in [2.05, 4.69) is 4.99 Å². The highest BCUT2D eigenvalue weighted by atomic mass is 16.5. The summed E-state index contributed by atoms with van der Waals surface area (Å²) in [5, 5.41) is 0. The van der Waals surface area contributed by atoms with Crippen LogP contribution in [-0.2, 0) is 0 Å². The summed E-state index contributed by atoms with van der Waals surface area (Å²) in [5.41, 5.74) is 3.84. The van der Waals surface area contributed by atoms with E-state index in [0.29, 0.717) is 5.92 Å². The van der Waals surface area contributed by atoms with E-state index >= 15 is 0 Å². The van der Waals surface area contributed by atoms with Crippen molar-refractivity contribution >= 4 is 12.1 Å². The normalized spacial score (nSPS) is 26.1. The highest BCUT2D eigenvalue weighted by Crippen LogP contribution is 2.36. The molecule has 2 N–H and O–H groups in total. The van der Waals surface area contributed by atoms with Gasteiger partial charge in [-0.3, -0.25) is 4.99 Å². The van der Waals surface area contributed by atoms with Crippen molar-refractivity contribution in [3.63, 3.8) is 0 Å². The zero-order valence-electron chi connectivity index (χ0n) is 15.2. The number of nitrogens with two attached hydrogens (primary N) is 1. The third-order valence-corrected chi connectivity index (χ3v) is 5.67. The van der Waals surface area contributed by atoms with Crippen LogP contribution in [0.5, 0.6) is 5.75 Å². The first-order valence-electron chi connectivity index (χ1n) is 9.58. The Balaban J connectivity index is 1.45. The number of rotatable bonds is 5. The zero-order chi connectivity index (χ0) is 18.3. The average Bonchev–Trinajstić information content (AvgIpc) is 3.25. The number of allylic oxidation sites excluding steroid dienone is 4. The van der Waals surface area contributed by atoms with Gasteiger partial charge >= 0.3 is 0 Å². The number of benzene rings is 1. The van der Waals surface area contributed by atoms with Crippen molar-refractivity contribution in [3.05, 3.63) is 77.4 Å². The van der Waals surface area contributed by atoms with Gasteiger partial charge in [0.25, 0.3) is 5.84 Å². The fourth-order valence-corrected chi connectivity index (χ4v) is 4.06. The van der Waals surface area contributed by atoms with E-state index in [0.717, 1.165) is 40.7 Å². The Kier molecular flexibility index (Phi) is 3.92. The van der Waals surface area contributed by atoms with Crippen LogP contribution in [0.3, 0.4) is 0 Å². The summed E-state index contributed by atoms with van der Waals surface area (Å²) >= 11 is 0. The monoisotopic (exact) mass is 359 g/mol. The maximum Gasteiger partial charge on any atom is 0.265 e. The van der Waals surface area contributed by atoms with E-state index in [1.165, 1.54) is 25.7 Å². The van der Waals surface area contributed by atoms with Crippen LogP contribution in [0.2, 0.25) is 0 Å². The molecule has 27 heavy (non-hydrogen) atoms. The molecule has 2 aliphatic carbocycles. The number of ether oxygens (including phenoxy) is 1. The van der Waals surface area contributed by atoms with Gasteiger partial charge in [0.2, 0.25) is 5.70 Å². The largest absolute Gasteiger partial charge is 0.493 e. The summed E-state index contributed by atoms with van der Waals surface area (Å²) in [7, 11) is 0. The minimum Gasteiger partial charge on any atom is -0.493 e. The molecule has 0 amide bonds. The Labute approximate surface area is 159 Å². The summed E-state index contributed by atoms with van der Waals surface area (Å²) < 4.78 is 6.12. The molecule has 4 aliphatic rings. The fourth-order valence-electron chi connectivity index (χ4n) is 4.06. The van der Waals surface area contributed by atoms with Crippen molar-refractivity contribution in [1.29, 1.82) is 0 Å². The van der Waals surface area contributed by atoms with Gasteiger partial charge in [0.15, 0.2) is 0 Å². The van der Waals surface area contributed by atoms with Gasteiger partial charge < -0.3 is 4.74 Å². The summed E-state index contributed by atoms with van der Waals surface area (Å²) in [6, 6.07) is 8.11. The molecule has 0 spiro atoms. The van der Waals surface area contributed by atoms with Crippen molar-refractivity contribution in [2.45, 2.75) is 25.7 Å². The molecule has 1 unspecified atom stereocenters. The number of aliphatic imine (C=N–C) groups is 2. The molecule has 1 atom stereocenters. The molecular weight excluding hydrogens is 336 g/mol. The Bertz CT molecular complexity index is 960. The van der Waals surface area contributed by atoms with Gasteiger partial charge in [0.1, 0.15) is 17.6 Å². The van der Waals surface area contributed by atoms with Crippen LogP contribution in [-0.4, -0.2) is 23.2 Å². The molecule has 2 aliphatic heterocycles. The van der Waals surface area contributed by atoms with Crippen molar-refractivity contribution in [2.75, 3.05) is 6.61 Å². The Morgan fingerprint density at radius 1 is 1.22 bits per heavy atom. The number of nitrogens with zero attached hydrogens (tertiary/aromatic N) is 3. The van der Waals surface area contributed by atoms with E-state index < -0.39 is 0 Å². The van der Waals surface area contributed by atoms with Crippen LogP contribution < -0.4 is 10.6 Å². The van der Waals surface area contributed by atoms with Crippen LogP contribution in [0.15, 0.2) is 81.8 Å². The summed E-state index contributed by atoms with van der Waals surface area (Å²) in [6.45, 7) is 0.789. The van der Waals surface area contributed by atoms with Crippen molar-refractivity contribution in [1.82, 2.24) is 0 Å². The lowest BCUT2D eigenvalue weighted by atomic mass is 10.0. The number of hydrogen-bond donors (Lipinski definition) is 1. The van der Waals surface area contributed by atoms with Crippen molar-refractivity contribution in [3.8, 4) is 5.75 Å². The second kappa shape index (κ2) is 6.44. The van der Waals surface area contributed by atoms with Crippen LogP contribution in [0, 0.1) is 5.92 Å². The molecular formula is C22H23N4O+. The highest BCUT2D eigenvalue weighted by Gasteiger charge is 2.44. The average molecular weight is 359 g/mol. The van der Waals surface area contributed by atoms with Crippen LogP contribution in [0.4, 0.5) is 0 Å². The zero-order valence-corrected chi connectivity index (χ0v) is 15.2. The summed E-state index contributed by atoms with van der Waals surface area (Å²) in [4.78, 5) is 9.17. The first kappa shape index (κ1) is 16.4. The molecule has 0 bridgehead atoms. The molecule has 0 saturated heterocycles. The van der Waals surface area contributed by atoms with E-state index in [4.69, 9.17) is 15.6 Å². The molecule has 136 valence electrons. The molecule has 2 heterocycles. The van der Waals surface area contributed by atoms with E-state index in [-0.39, 0.29) is 4.59 Å². The van der Waals surface area contributed by atoms with Gasteiger partial charge in [-0.05, 0) is 37.0 Å². The Morgan fingerprint density at radius 2 is 2.07 bits per heavy atom. The third-order valence-electron chi connectivity index (χ3n) is 5.67. The third kappa shape index (κ3) is 2.80. The predicted octanol–water partition coefficient (Wildman–Crippen LogP) is 3.97. The minimum absolute atomic E-state index is 0.0378. The Morgan fingerprint density at radius 3 is 2.85 bits per heavy atom. The summed E-state index contributed by atoms with van der Waals surface area (Å²) in [6.07, 6.45) is 16.7. The molecule has 1 aromatic carbocycles. The molecule has 5 heteroatoms. The fraction of sp³-hybridized carbons (Fsp3) is 0.273. The highest BCUT2D eigenvalue weighted by molar-refractivity contribution is 6.01. The van der Waals surface area contributed by atoms with Gasteiger partial charge in [0.05, 0.1) is 24.6 Å². The quantitative estimate of drug-likeness (QED) is 0.639. The van der Waals surface area contributed by atoms with Gasteiger partial charge in [-0.25, -0.2) is 0 Å². The van der Waals surface area contributed by atoms with E-state index in [9.17, 15) is 0 Å². The second-order valence-electron chi connectivity index (χ2n) is 7.49. The smallest absolute Gasteiger partial charge is 0.265 e. The maximum absolute atomic E-state index is 6.75. The van der Waals surface area contributed by atoms with Crippen LogP contribution in [0.1, 0.15) is 31.2 Å². The minimum atomic E-state index is 0.0378. The van der Waals surface area contributed by atoms with Crippen LogP contribution in [0.25, 0.3) is 0 Å². The standard InChI is InChI=1S/C22H23N4O/c23-26-12-11-24-14-20(26)21(17-7-3-8-17)25-22(26)18-9-4-10-19(13-18)27-15-16-5-1-2-6-16/h3-4,7-14,16H,1-2,5-6,15,23H2/q+1. The SMILES string of the molecule is N[N+]12C=CN=CC1=C(C1=CC=C1)N=C2c1cccc(OCC2CCCC2)c1. The van der Waals surface area contributed by atoms with E-state index in [1.54, 1.807) is 12.4 Å². The topological polar surface area (TPSA) is 60.0 Å². The van der Waals surface area contributed by atoms with Crippen molar-refractivity contribution < 1.29 is 9.33 Å². The first-order chi connectivity index (χ1) is 13.2. The predicted molar refractivity (Wildman–Crippen MR) is 107 cm³/mol. The Hall–Kier alpha value is -2.76. The van der Waals surface area contributed by atoms with Crippen molar-refractivity contribution in [2.24, 2.45) is 21.7 Å². The lowest BCUT2D eigenvalue weighted by molar-refractivity contribution is -0.750. The van der Waals surface area contributed by atoms with Gasteiger partial charge in [-0.1, -0.05) is 37.1 Å².